The quantitative estimate of drug-likeness (QED) is 0.766. The van der Waals surface area contributed by atoms with Gasteiger partial charge in [-0.25, -0.2) is 4.39 Å². The number of hydrogen-bond acceptors (Lipinski definition) is 3. The number of amides is 3. The molecule has 0 spiro atoms. The maximum Gasteiger partial charge on any atom is 0.251 e. The van der Waals surface area contributed by atoms with Gasteiger partial charge in [-0.3, -0.25) is 14.4 Å². The van der Waals surface area contributed by atoms with Gasteiger partial charge in [0.25, 0.3) is 5.91 Å². The molecule has 0 aromatic heterocycles. The van der Waals surface area contributed by atoms with Gasteiger partial charge < -0.3 is 15.5 Å². The summed E-state index contributed by atoms with van der Waals surface area (Å²) in [4.78, 5) is 39.5. The zero-order valence-corrected chi connectivity index (χ0v) is 16.9. The summed E-state index contributed by atoms with van der Waals surface area (Å²) in [5.74, 6) is -1.20. The third kappa shape index (κ3) is 5.43. The smallest absolute Gasteiger partial charge is 0.251 e. The summed E-state index contributed by atoms with van der Waals surface area (Å²) >= 11 is 0. The molecule has 0 bridgehead atoms. The highest BCUT2D eigenvalue weighted by Gasteiger charge is 2.33. The number of likely N-dealkylation sites (tertiary alicyclic amines) is 1. The molecule has 0 unspecified atom stereocenters. The second kappa shape index (κ2) is 10.0. The van der Waals surface area contributed by atoms with E-state index in [2.05, 4.69) is 10.6 Å². The molecule has 30 heavy (non-hydrogen) atoms. The number of hydrogen-bond donors (Lipinski definition) is 2. The summed E-state index contributed by atoms with van der Waals surface area (Å²) in [7, 11) is 0. The van der Waals surface area contributed by atoms with Crippen LogP contribution < -0.4 is 10.6 Å². The van der Waals surface area contributed by atoms with E-state index in [-0.39, 0.29) is 23.3 Å². The van der Waals surface area contributed by atoms with Gasteiger partial charge in [-0.05, 0) is 55.2 Å². The predicted molar refractivity (Wildman–Crippen MR) is 112 cm³/mol. The molecule has 1 aliphatic heterocycles. The van der Waals surface area contributed by atoms with E-state index in [4.69, 9.17) is 0 Å². The lowest BCUT2D eigenvalue weighted by atomic mass is 9.88. The number of carbonyl (C=O) groups excluding carboxylic acids is 3. The van der Waals surface area contributed by atoms with Crippen molar-refractivity contribution in [1.82, 2.24) is 10.2 Å². The van der Waals surface area contributed by atoms with E-state index in [0.717, 1.165) is 0 Å². The second-order valence-electron chi connectivity index (χ2n) is 7.39. The van der Waals surface area contributed by atoms with Crippen LogP contribution in [-0.2, 0) is 9.59 Å². The van der Waals surface area contributed by atoms with Crippen LogP contribution in [0.4, 0.5) is 10.1 Å². The number of benzene rings is 2. The van der Waals surface area contributed by atoms with Crippen molar-refractivity contribution in [1.29, 1.82) is 0 Å². The van der Waals surface area contributed by atoms with Gasteiger partial charge in [0.15, 0.2) is 0 Å². The normalized spacial score (nSPS) is 15.3. The van der Waals surface area contributed by atoms with Gasteiger partial charge in [-0.2, -0.15) is 0 Å². The summed E-state index contributed by atoms with van der Waals surface area (Å²) in [6, 6.07) is 13.5. The fraction of sp³-hybridized carbons (Fsp3) is 0.348. The monoisotopic (exact) mass is 411 g/mol. The van der Waals surface area contributed by atoms with Crippen LogP contribution in [0.25, 0.3) is 0 Å². The highest BCUT2D eigenvalue weighted by atomic mass is 19.1. The van der Waals surface area contributed by atoms with Crippen LogP contribution in [0.5, 0.6) is 0 Å². The molecule has 0 radical (unpaired) electrons. The molecule has 0 aliphatic carbocycles. The minimum Gasteiger partial charge on any atom is -0.343 e. The summed E-state index contributed by atoms with van der Waals surface area (Å²) in [6.45, 7) is 2.94. The Morgan fingerprint density at radius 2 is 1.67 bits per heavy atom. The highest BCUT2D eigenvalue weighted by molar-refractivity contribution is 6.01. The Bertz CT molecular complexity index is 878. The molecule has 1 saturated heterocycles. The van der Waals surface area contributed by atoms with Gasteiger partial charge in [0.2, 0.25) is 11.8 Å². The van der Waals surface area contributed by atoms with Crippen LogP contribution in [0, 0.1) is 11.7 Å². The Balaban J connectivity index is 1.74. The molecule has 2 aromatic carbocycles. The molecule has 1 fully saturated rings. The maximum absolute atomic E-state index is 13.2. The zero-order valence-electron chi connectivity index (χ0n) is 16.9. The number of nitrogens with one attached hydrogen (secondary N) is 2. The van der Waals surface area contributed by atoms with Crippen molar-refractivity contribution < 1.29 is 18.8 Å². The van der Waals surface area contributed by atoms with Crippen LogP contribution in [0.15, 0.2) is 54.6 Å². The molecular formula is C23H26FN3O3. The van der Waals surface area contributed by atoms with Crippen LogP contribution in [0.3, 0.4) is 0 Å². The molecule has 158 valence electrons. The van der Waals surface area contributed by atoms with Crippen molar-refractivity contribution in [3.05, 3.63) is 66.0 Å². The van der Waals surface area contributed by atoms with Gasteiger partial charge in [0, 0.05) is 30.8 Å². The summed E-state index contributed by atoms with van der Waals surface area (Å²) in [6.07, 6.45) is 1.68. The summed E-state index contributed by atoms with van der Waals surface area (Å²) < 4.78 is 13.2. The largest absolute Gasteiger partial charge is 0.343 e. The fourth-order valence-electron chi connectivity index (χ4n) is 3.67. The van der Waals surface area contributed by atoms with Gasteiger partial charge in [-0.1, -0.05) is 25.1 Å². The minimum atomic E-state index is -0.762. The topological polar surface area (TPSA) is 78.5 Å². The molecule has 2 aromatic rings. The lowest BCUT2D eigenvalue weighted by Gasteiger charge is -2.35. The second-order valence-corrected chi connectivity index (χ2v) is 7.39. The molecular weight excluding hydrogens is 385 g/mol. The van der Waals surface area contributed by atoms with E-state index in [1.54, 1.807) is 17.0 Å². The van der Waals surface area contributed by atoms with Gasteiger partial charge in [0.05, 0.1) is 0 Å². The van der Waals surface area contributed by atoms with E-state index >= 15 is 0 Å². The Labute approximate surface area is 175 Å². The molecule has 1 atom stereocenters. The molecule has 7 heteroatoms. The number of rotatable bonds is 6. The average molecular weight is 411 g/mol. The number of nitrogens with zero attached hydrogens (tertiary/aromatic N) is 1. The van der Waals surface area contributed by atoms with E-state index < -0.39 is 17.8 Å². The maximum atomic E-state index is 13.2. The lowest BCUT2D eigenvalue weighted by Crippen LogP contribution is -2.52. The average Bonchev–Trinajstić information content (AvgIpc) is 2.78. The van der Waals surface area contributed by atoms with Crippen LogP contribution in [0.1, 0.15) is 36.5 Å². The van der Waals surface area contributed by atoms with Gasteiger partial charge >= 0.3 is 0 Å². The highest BCUT2D eigenvalue weighted by Crippen LogP contribution is 2.23. The number of anilines is 1. The molecule has 2 N–H and O–H groups in total. The standard InChI is InChI=1S/C23H26FN3O3/c1-2-20(28)27-14-12-16(13-15-27)21(23(30)25-19-6-4-3-5-7-19)26-22(29)17-8-10-18(24)11-9-17/h3-11,16,21H,2,12-15H2,1H3,(H,25,30)(H,26,29)/t21-/m0/s1. The molecule has 6 nitrogen and oxygen atoms in total. The number of carbonyl (C=O) groups is 3. The van der Waals surface area contributed by atoms with Crippen molar-refractivity contribution in [2.75, 3.05) is 18.4 Å². The Morgan fingerprint density at radius 3 is 2.27 bits per heavy atom. The first-order valence-corrected chi connectivity index (χ1v) is 10.2. The first kappa shape index (κ1) is 21.5. The number of halogens is 1. The number of para-hydroxylation sites is 1. The molecule has 0 saturated carbocycles. The number of piperidine rings is 1. The van der Waals surface area contributed by atoms with E-state index in [9.17, 15) is 18.8 Å². The summed E-state index contributed by atoms with van der Waals surface area (Å²) in [5, 5.41) is 5.68. The van der Waals surface area contributed by atoms with Crippen molar-refractivity contribution in [3.8, 4) is 0 Å². The molecule has 1 heterocycles. The Hall–Kier alpha value is -3.22. The minimum absolute atomic E-state index is 0.0917. The van der Waals surface area contributed by atoms with Crippen molar-refractivity contribution in [3.63, 3.8) is 0 Å². The van der Waals surface area contributed by atoms with E-state index in [1.165, 1.54) is 24.3 Å². The van der Waals surface area contributed by atoms with Crippen molar-refractivity contribution in [2.45, 2.75) is 32.2 Å². The van der Waals surface area contributed by atoms with E-state index in [1.807, 2.05) is 25.1 Å². The Kier molecular flexibility index (Phi) is 7.17. The third-order valence-electron chi connectivity index (χ3n) is 5.38. The predicted octanol–water partition coefficient (Wildman–Crippen LogP) is 3.21. The first-order valence-electron chi connectivity index (χ1n) is 10.2. The fourth-order valence-corrected chi connectivity index (χ4v) is 3.67. The zero-order chi connectivity index (χ0) is 21.5. The summed E-state index contributed by atoms with van der Waals surface area (Å²) in [5.41, 5.74) is 0.926. The molecule has 3 rings (SSSR count). The SMILES string of the molecule is CCC(=O)N1CCC([C@H](NC(=O)c2ccc(F)cc2)C(=O)Nc2ccccc2)CC1. The van der Waals surface area contributed by atoms with Crippen LogP contribution in [0.2, 0.25) is 0 Å². The van der Waals surface area contributed by atoms with Crippen LogP contribution >= 0.6 is 0 Å². The molecule has 3 amide bonds. The first-order chi connectivity index (χ1) is 14.5. The third-order valence-corrected chi connectivity index (χ3v) is 5.38. The van der Waals surface area contributed by atoms with Gasteiger partial charge in [0.1, 0.15) is 11.9 Å². The van der Waals surface area contributed by atoms with Gasteiger partial charge in [-0.15, -0.1) is 0 Å². The van der Waals surface area contributed by atoms with Crippen LogP contribution in [-0.4, -0.2) is 41.8 Å². The lowest BCUT2D eigenvalue weighted by molar-refractivity contribution is -0.132. The van der Waals surface area contributed by atoms with E-state index in [0.29, 0.717) is 38.0 Å². The van der Waals surface area contributed by atoms with Crippen molar-refractivity contribution >= 4 is 23.4 Å². The molecule has 1 aliphatic rings. The van der Waals surface area contributed by atoms with Crippen molar-refractivity contribution in [2.24, 2.45) is 5.92 Å². The Morgan fingerprint density at radius 1 is 1.03 bits per heavy atom.